The summed E-state index contributed by atoms with van der Waals surface area (Å²) < 4.78 is 15.4. The number of phenols is 1. The van der Waals surface area contributed by atoms with Crippen molar-refractivity contribution in [1.82, 2.24) is 19.6 Å². The van der Waals surface area contributed by atoms with Crippen molar-refractivity contribution in [2.75, 3.05) is 0 Å². The van der Waals surface area contributed by atoms with Crippen LogP contribution in [0.5, 0.6) is 5.75 Å². The number of carbonyl (C=O) groups is 2. The van der Waals surface area contributed by atoms with Crippen LogP contribution in [0.2, 0.25) is 10.0 Å². The molecule has 2 heterocycles. The fraction of sp³-hybridized carbons (Fsp3) is 0.256. The van der Waals surface area contributed by atoms with Crippen molar-refractivity contribution >= 4 is 35.1 Å². The van der Waals surface area contributed by atoms with Gasteiger partial charge >= 0.3 is 11.9 Å². The molecule has 0 aliphatic heterocycles. The maximum absolute atomic E-state index is 12.8. The van der Waals surface area contributed by atoms with Crippen LogP contribution in [0.1, 0.15) is 60.1 Å². The highest BCUT2D eigenvalue weighted by molar-refractivity contribution is 6.32. The normalized spacial score (nSPS) is 12.7. The molecule has 0 aliphatic rings. The van der Waals surface area contributed by atoms with Crippen molar-refractivity contribution in [2.24, 2.45) is 0 Å². The Hall–Kier alpha value is -5.46. The molecular formula is C43H42Cl2N4O7. The van der Waals surface area contributed by atoms with E-state index in [9.17, 15) is 24.9 Å². The minimum Gasteiger partial charge on any atom is -0.508 e. The number of halogens is 2. The fourth-order valence-corrected chi connectivity index (χ4v) is 6.62. The van der Waals surface area contributed by atoms with E-state index in [0.29, 0.717) is 56.8 Å². The third-order valence-electron chi connectivity index (χ3n) is 9.49. The number of carboxylic acid groups (broad SMARTS) is 2. The molecule has 2 aromatic heterocycles. The molecule has 0 radical (unpaired) electrons. The number of phenolic OH excluding ortho intramolecular Hbond substituents is 1. The van der Waals surface area contributed by atoms with Crippen molar-refractivity contribution in [3.63, 3.8) is 0 Å². The van der Waals surface area contributed by atoms with Crippen molar-refractivity contribution in [2.45, 2.75) is 71.1 Å². The summed E-state index contributed by atoms with van der Waals surface area (Å²) in [5.41, 5.74) is 3.41. The molecule has 1 atom stereocenters. The highest BCUT2D eigenvalue weighted by Crippen LogP contribution is 2.31. The molecular weight excluding hydrogens is 755 g/mol. The van der Waals surface area contributed by atoms with E-state index in [1.54, 1.807) is 45.8 Å². The molecule has 6 aromatic rings. The lowest BCUT2D eigenvalue weighted by Crippen LogP contribution is -2.40. The number of carboxylic acids is 2. The summed E-state index contributed by atoms with van der Waals surface area (Å²) in [6.07, 6.45) is 0.508. The molecule has 0 saturated carbocycles. The van der Waals surface area contributed by atoms with E-state index in [1.807, 2.05) is 72.8 Å². The summed E-state index contributed by atoms with van der Waals surface area (Å²) in [5.74, 6) is -2.16. The lowest BCUT2D eigenvalue weighted by Gasteiger charge is -2.26. The molecule has 0 fully saturated rings. The van der Waals surface area contributed by atoms with Gasteiger partial charge in [-0.25, -0.2) is 9.59 Å². The third kappa shape index (κ3) is 9.66. The number of aliphatic carboxylic acids is 2. The average molecular weight is 798 g/mol. The number of hydrogen-bond acceptors (Lipinski definition) is 7. The summed E-state index contributed by atoms with van der Waals surface area (Å²) in [4.78, 5) is 24.5. The lowest BCUT2D eigenvalue weighted by atomic mass is 9.95. The second kappa shape index (κ2) is 17.1. The number of rotatable bonds is 17. The molecule has 0 amide bonds. The Labute approximate surface area is 334 Å². The van der Waals surface area contributed by atoms with Crippen molar-refractivity contribution in [1.29, 1.82) is 0 Å². The van der Waals surface area contributed by atoms with E-state index in [0.717, 1.165) is 16.8 Å². The lowest BCUT2D eigenvalue weighted by molar-refractivity contribution is -0.165. The number of hydrogen-bond donors (Lipinski definition) is 3. The van der Waals surface area contributed by atoms with Gasteiger partial charge in [0.2, 0.25) is 0 Å². The molecule has 11 nitrogen and oxygen atoms in total. The van der Waals surface area contributed by atoms with Crippen LogP contribution in [0.3, 0.4) is 0 Å². The molecule has 0 aliphatic carbocycles. The van der Waals surface area contributed by atoms with E-state index in [4.69, 9.17) is 42.9 Å². The standard InChI is InChI=1S/C43H42Cl2N4O7/c1-42(2,40(51)52)55-26-33-21-35(19-28-11-5-4-6-12-28)48(46-33)25-32-16-9-15-30(39(32)45)23-43(3,41(53)54)56-27-34-22-38(29-14-10-17-36(50)20-29)49(47-34)24-31-13-7-8-18-37(31)44/h4-18,20-22,50H,19,23-27H2,1-3H3,(H,51,52)(H,53,54). The Kier molecular flexibility index (Phi) is 12.3. The van der Waals surface area contributed by atoms with Gasteiger partial charge < -0.3 is 24.8 Å². The predicted molar refractivity (Wildman–Crippen MR) is 213 cm³/mol. The van der Waals surface area contributed by atoms with Gasteiger partial charge in [0.15, 0.2) is 11.2 Å². The average Bonchev–Trinajstić information content (AvgIpc) is 3.75. The molecule has 0 spiro atoms. The number of aromatic hydroxyl groups is 1. The van der Waals surface area contributed by atoms with E-state index in [1.165, 1.54) is 20.8 Å². The van der Waals surface area contributed by atoms with Crippen LogP contribution < -0.4 is 0 Å². The summed E-state index contributed by atoms with van der Waals surface area (Å²) in [7, 11) is 0. The molecule has 1 unspecified atom stereocenters. The highest BCUT2D eigenvalue weighted by atomic mass is 35.5. The van der Waals surface area contributed by atoms with E-state index in [-0.39, 0.29) is 31.9 Å². The minimum atomic E-state index is -1.69. The number of ether oxygens (including phenoxy) is 2. The topological polar surface area (TPSA) is 149 Å². The van der Waals surface area contributed by atoms with Gasteiger partial charge in [0.1, 0.15) is 5.75 Å². The van der Waals surface area contributed by atoms with Crippen LogP contribution in [0.25, 0.3) is 11.3 Å². The fourth-order valence-electron chi connectivity index (χ4n) is 6.17. The summed E-state index contributed by atoms with van der Waals surface area (Å²) in [6.45, 7) is 4.95. The SMILES string of the molecule is CC(C)(OCc1cc(Cc2ccccc2)n(Cc2cccc(CC(C)(OCc3cc(-c4cccc(O)c4)n(Cc4ccccc4Cl)n3)C(=O)O)c2Cl)n1)C(=O)O. The van der Waals surface area contributed by atoms with E-state index >= 15 is 0 Å². The summed E-state index contributed by atoms with van der Waals surface area (Å²) in [6, 6.07) is 33.2. The number of aromatic nitrogens is 4. The summed E-state index contributed by atoms with van der Waals surface area (Å²) >= 11 is 13.5. The van der Waals surface area contributed by atoms with Crippen molar-refractivity contribution in [3.05, 3.63) is 159 Å². The van der Waals surface area contributed by atoms with Crippen molar-refractivity contribution < 1.29 is 34.4 Å². The Balaban J connectivity index is 1.23. The van der Waals surface area contributed by atoms with Gasteiger partial charge in [0.05, 0.1) is 43.4 Å². The largest absolute Gasteiger partial charge is 0.508 e. The maximum Gasteiger partial charge on any atom is 0.336 e. The third-order valence-corrected chi connectivity index (χ3v) is 10.3. The van der Waals surface area contributed by atoms with Gasteiger partial charge in [-0.15, -0.1) is 0 Å². The van der Waals surface area contributed by atoms with Gasteiger partial charge in [-0.1, -0.05) is 102 Å². The first-order chi connectivity index (χ1) is 26.7. The zero-order valence-corrected chi connectivity index (χ0v) is 32.7. The monoisotopic (exact) mass is 796 g/mol. The Morgan fingerprint density at radius 1 is 0.696 bits per heavy atom. The van der Waals surface area contributed by atoms with Gasteiger partial charge in [0.25, 0.3) is 0 Å². The predicted octanol–water partition coefficient (Wildman–Crippen LogP) is 8.43. The van der Waals surface area contributed by atoms with Gasteiger partial charge in [-0.05, 0) is 73.4 Å². The smallest absolute Gasteiger partial charge is 0.336 e. The number of nitrogens with zero attached hydrogens (tertiary/aromatic N) is 4. The molecule has 0 bridgehead atoms. The first-order valence-corrected chi connectivity index (χ1v) is 18.7. The molecule has 6 rings (SSSR count). The first kappa shape index (κ1) is 40.2. The molecule has 0 saturated heterocycles. The quantitative estimate of drug-likeness (QED) is 0.0827. The second-order valence-electron chi connectivity index (χ2n) is 14.3. The van der Waals surface area contributed by atoms with E-state index < -0.39 is 23.1 Å². The van der Waals surface area contributed by atoms with Crippen LogP contribution in [0, 0.1) is 0 Å². The van der Waals surface area contributed by atoms with Crippen LogP contribution in [0.4, 0.5) is 0 Å². The molecule has 3 N–H and O–H groups in total. The van der Waals surface area contributed by atoms with Gasteiger partial charge in [0, 0.05) is 34.1 Å². The van der Waals surface area contributed by atoms with Crippen LogP contribution >= 0.6 is 23.2 Å². The highest BCUT2D eigenvalue weighted by Gasteiger charge is 2.36. The van der Waals surface area contributed by atoms with Crippen LogP contribution in [0.15, 0.2) is 109 Å². The summed E-state index contributed by atoms with van der Waals surface area (Å²) in [5, 5.41) is 40.7. The van der Waals surface area contributed by atoms with E-state index in [2.05, 4.69) is 0 Å². The Bertz CT molecular complexity index is 2340. The Morgan fingerprint density at radius 2 is 1.32 bits per heavy atom. The van der Waals surface area contributed by atoms with Crippen molar-refractivity contribution in [3.8, 4) is 17.0 Å². The van der Waals surface area contributed by atoms with Crippen LogP contribution in [-0.4, -0.2) is 58.0 Å². The second-order valence-corrected chi connectivity index (χ2v) is 15.0. The zero-order valence-electron chi connectivity index (χ0n) is 31.2. The molecule has 290 valence electrons. The molecule has 13 heteroatoms. The first-order valence-electron chi connectivity index (χ1n) is 17.9. The number of benzene rings is 4. The van der Waals surface area contributed by atoms with Gasteiger partial charge in [-0.2, -0.15) is 10.2 Å². The molecule has 56 heavy (non-hydrogen) atoms. The van der Waals surface area contributed by atoms with Crippen LogP contribution in [-0.2, 0) is 58.2 Å². The minimum absolute atomic E-state index is 0.0102. The maximum atomic E-state index is 12.8. The molecule has 4 aromatic carbocycles. The Morgan fingerprint density at radius 3 is 2.04 bits per heavy atom. The zero-order chi connectivity index (χ0) is 40.0. The van der Waals surface area contributed by atoms with Gasteiger partial charge in [-0.3, -0.25) is 9.36 Å².